The molecule has 0 heteroatoms. The molecule has 0 spiro atoms. The zero-order valence-corrected chi connectivity index (χ0v) is 9.77. The lowest BCUT2D eigenvalue weighted by Gasteiger charge is -2.08. The van der Waals surface area contributed by atoms with Gasteiger partial charge in [-0.05, 0) is 37.3 Å². The molecular weight excluding hydrogens is 168 g/mol. The van der Waals surface area contributed by atoms with Crippen LogP contribution in [-0.2, 0) is 12.8 Å². The Bertz CT molecular complexity index is 273. The Balaban J connectivity index is 2.67. The molecule has 0 unspecified atom stereocenters. The molecule has 78 valence electrons. The van der Waals surface area contributed by atoms with Crippen LogP contribution < -0.4 is 0 Å². The number of unbranched alkanes of at least 4 members (excludes halogenated alkanes) is 2. The summed E-state index contributed by atoms with van der Waals surface area (Å²) >= 11 is 0. The van der Waals surface area contributed by atoms with E-state index in [9.17, 15) is 0 Å². The van der Waals surface area contributed by atoms with E-state index in [1.54, 1.807) is 5.56 Å². The van der Waals surface area contributed by atoms with Crippen LogP contribution in [0.2, 0.25) is 0 Å². The summed E-state index contributed by atoms with van der Waals surface area (Å²) in [5.41, 5.74) is 4.50. The van der Waals surface area contributed by atoms with E-state index in [-0.39, 0.29) is 0 Å². The molecule has 0 radical (unpaired) electrons. The number of aryl methyl sites for hydroxylation is 3. The molecule has 0 nitrogen and oxygen atoms in total. The molecule has 0 heterocycles. The van der Waals surface area contributed by atoms with Crippen LogP contribution in [0.3, 0.4) is 0 Å². The standard InChI is InChI=1S/C14H22/c1-4-6-7-8-14-11-12(3)9-10-13(14)5-2/h9-11H,4-8H2,1-3H3. The summed E-state index contributed by atoms with van der Waals surface area (Å²) in [6.07, 6.45) is 6.44. The number of hydrogen-bond donors (Lipinski definition) is 0. The van der Waals surface area contributed by atoms with Gasteiger partial charge in [0.15, 0.2) is 0 Å². The summed E-state index contributed by atoms with van der Waals surface area (Å²) in [5, 5.41) is 0. The van der Waals surface area contributed by atoms with Gasteiger partial charge in [0, 0.05) is 0 Å². The van der Waals surface area contributed by atoms with Crippen LogP contribution in [0.15, 0.2) is 18.2 Å². The molecule has 0 saturated heterocycles. The smallest absolute Gasteiger partial charge is 0.0276 e. The fourth-order valence-electron chi connectivity index (χ4n) is 1.90. The first-order valence-electron chi connectivity index (χ1n) is 5.86. The van der Waals surface area contributed by atoms with Gasteiger partial charge in [-0.25, -0.2) is 0 Å². The molecule has 0 fully saturated rings. The highest BCUT2D eigenvalue weighted by Crippen LogP contribution is 2.15. The molecule has 0 atom stereocenters. The Morgan fingerprint density at radius 1 is 1.00 bits per heavy atom. The van der Waals surface area contributed by atoms with Crippen LogP contribution >= 0.6 is 0 Å². The van der Waals surface area contributed by atoms with Crippen molar-refractivity contribution in [2.75, 3.05) is 0 Å². The minimum absolute atomic E-state index is 1.17. The number of rotatable bonds is 5. The molecule has 0 aliphatic carbocycles. The highest BCUT2D eigenvalue weighted by molar-refractivity contribution is 5.31. The maximum Gasteiger partial charge on any atom is -0.0276 e. The summed E-state index contributed by atoms with van der Waals surface area (Å²) in [5.74, 6) is 0. The highest BCUT2D eigenvalue weighted by atomic mass is 14.1. The largest absolute Gasteiger partial charge is 0.0654 e. The molecule has 0 N–H and O–H groups in total. The van der Waals surface area contributed by atoms with Gasteiger partial charge in [0.2, 0.25) is 0 Å². The van der Waals surface area contributed by atoms with Crippen LogP contribution in [0.4, 0.5) is 0 Å². The molecule has 14 heavy (non-hydrogen) atoms. The van der Waals surface area contributed by atoms with Gasteiger partial charge in [0.25, 0.3) is 0 Å². The van der Waals surface area contributed by atoms with Gasteiger partial charge in [0.05, 0.1) is 0 Å². The van der Waals surface area contributed by atoms with Crippen molar-refractivity contribution in [3.8, 4) is 0 Å². The Kier molecular flexibility index (Phi) is 4.72. The van der Waals surface area contributed by atoms with Crippen LogP contribution in [-0.4, -0.2) is 0 Å². The van der Waals surface area contributed by atoms with Crippen LogP contribution in [0.5, 0.6) is 0 Å². The predicted molar refractivity (Wildman–Crippen MR) is 63.8 cm³/mol. The predicted octanol–water partition coefficient (Wildman–Crippen LogP) is 4.29. The van der Waals surface area contributed by atoms with Crippen molar-refractivity contribution in [1.82, 2.24) is 0 Å². The topological polar surface area (TPSA) is 0 Å². The zero-order chi connectivity index (χ0) is 10.4. The summed E-state index contributed by atoms with van der Waals surface area (Å²) < 4.78 is 0. The molecule has 0 amide bonds. The lowest BCUT2D eigenvalue weighted by molar-refractivity contribution is 0.713. The van der Waals surface area contributed by atoms with Gasteiger partial charge in [0.1, 0.15) is 0 Å². The maximum atomic E-state index is 2.36. The molecule has 0 saturated carbocycles. The molecular formula is C14H22. The van der Waals surface area contributed by atoms with Crippen molar-refractivity contribution in [3.05, 3.63) is 34.9 Å². The van der Waals surface area contributed by atoms with Crippen LogP contribution in [0.25, 0.3) is 0 Å². The first-order valence-corrected chi connectivity index (χ1v) is 5.86. The molecule has 0 bridgehead atoms. The van der Waals surface area contributed by atoms with E-state index in [1.807, 2.05) is 0 Å². The Morgan fingerprint density at radius 2 is 1.79 bits per heavy atom. The normalized spacial score (nSPS) is 10.5. The second-order valence-electron chi connectivity index (χ2n) is 4.08. The minimum atomic E-state index is 1.17. The van der Waals surface area contributed by atoms with Gasteiger partial charge in [-0.1, -0.05) is 50.5 Å². The molecule has 0 aliphatic heterocycles. The average Bonchev–Trinajstić information content (AvgIpc) is 2.19. The van der Waals surface area contributed by atoms with E-state index in [0.717, 1.165) is 0 Å². The summed E-state index contributed by atoms with van der Waals surface area (Å²) in [6, 6.07) is 6.87. The van der Waals surface area contributed by atoms with Gasteiger partial charge < -0.3 is 0 Å². The Hall–Kier alpha value is -0.780. The molecule has 1 aromatic carbocycles. The van der Waals surface area contributed by atoms with Crippen LogP contribution in [0, 0.1) is 6.92 Å². The van der Waals surface area contributed by atoms with Crippen molar-refractivity contribution in [2.45, 2.75) is 52.9 Å². The van der Waals surface area contributed by atoms with E-state index in [0.29, 0.717) is 0 Å². The van der Waals surface area contributed by atoms with Gasteiger partial charge >= 0.3 is 0 Å². The van der Waals surface area contributed by atoms with E-state index in [2.05, 4.69) is 39.0 Å². The fourth-order valence-corrected chi connectivity index (χ4v) is 1.90. The van der Waals surface area contributed by atoms with Crippen molar-refractivity contribution in [2.24, 2.45) is 0 Å². The third-order valence-electron chi connectivity index (χ3n) is 2.79. The third kappa shape index (κ3) is 3.17. The lowest BCUT2D eigenvalue weighted by Crippen LogP contribution is -1.94. The van der Waals surface area contributed by atoms with Gasteiger partial charge in [-0.3, -0.25) is 0 Å². The van der Waals surface area contributed by atoms with Crippen molar-refractivity contribution in [3.63, 3.8) is 0 Å². The molecule has 0 aromatic heterocycles. The zero-order valence-electron chi connectivity index (χ0n) is 9.77. The first kappa shape index (κ1) is 11.3. The van der Waals surface area contributed by atoms with Crippen LogP contribution in [0.1, 0.15) is 49.8 Å². The molecule has 1 rings (SSSR count). The average molecular weight is 190 g/mol. The first-order chi connectivity index (χ1) is 6.77. The fraction of sp³-hybridized carbons (Fsp3) is 0.571. The van der Waals surface area contributed by atoms with Crippen molar-refractivity contribution >= 4 is 0 Å². The number of benzene rings is 1. The van der Waals surface area contributed by atoms with Gasteiger partial charge in [-0.15, -0.1) is 0 Å². The third-order valence-corrected chi connectivity index (χ3v) is 2.79. The maximum absolute atomic E-state index is 2.36. The molecule has 1 aromatic rings. The minimum Gasteiger partial charge on any atom is -0.0654 e. The summed E-state index contributed by atoms with van der Waals surface area (Å²) in [4.78, 5) is 0. The van der Waals surface area contributed by atoms with Crippen molar-refractivity contribution in [1.29, 1.82) is 0 Å². The number of hydrogen-bond acceptors (Lipinski definition) is 0. The van der Waals surface area contributed by atoms with E-state index in [1.165, 1.54) is 43.2 Å². The van der Waals surface area contributed by atoms with E-state index < -0.39 is 0 Å². The Labute approximate surface area is 88.4 Å². The Morgan fingerprint density at radius 3 is 2.43 bits per heavy atom. The van der Waals surface area contributed by atoms with E-state index in [4.69, 9.17) is 0 Å². The van der Waals surface area contributed by atoms with Crippen molar-refractivity contribution < 1.29 is 0 Å². The summed E-state index contributed by atoms with van der Waals surface area (Å²) in [6.45, 7) is 6.69. The lowest BCUT2D eigenvalue weighted by atomic mass is 9.98. The van der Waals surface area contributed by atoms with E-state index >= 15 is 0 Å². The SMILES string of the molecule is CCCCCc1cc(C)ccc1CC. The monoisotopic (exact) mass is 190 g/mol. The second kappa shape index (κ2) is 5.85. The molecule has 0 aliphatic rings. The van der Waals surface area contributed by atoms with Gasteiger partial charge in [-0.2, -0.15) is 0 Å². The summed E-state index contributed by atoms with van der Waals surface area (Å²) in [7, 11) is 0. The highest BCUT2D eigenvalue weighted by Gasteiger charge is 2.00. The quantitative estimate of drug-likeness (QED) is 0.608. The second-order valence-corrected chi connectivity index (χ2v) is 4.08.